The highest BCUT2D eigenvalue weighted by atomic mass is 33.1. The third-order valence-electron chi connectivity index (χ3n) is 9.52. The molecule has 58 heavy (non-hydrogen) atoms. The number of unbranched alkanes of at least 4 members (excludes halogenated alkanes) is 1. The maximum Gasteiger partial charge on any atom is 0.737 e. The predicted molar refractivity (Wildman–Crippen MR) is 229 cm³/mol. The summed E-state index contributed by atoms with van der Waals surface area (Å²) in [5.74, 6) is -2.11. The number of allylic oxidation sites excluding steroid dienone is 2. The molecule has 0 fully saturated rings. The van der Waals surface area contributed by atoms with Gasteiger partial charge in [-0.15, -0.1) is 11.3 Å². The van der Waals surface area contributed by atoms with E-state index in [0.717, 1.165) is 37.0 Å². The molecule has 2 aliphatic heterocycles. The smallest absolute Gasteiger partial charge is 0.389 e. The first-order chi connectivity index (χ1) is 27.4. The second-order valence-electron chi connectivity index (χ2n) is 15.3. The maximum absolute atomic E-state index is 16.9. The lowest BCUT2D eigenvalue weighted by atomic mass is 9.89. The molecule has 5 rings (SSSR count). The molecular formula is C38H51BF2N7O6S4+. The number of nitrogens with zero attached hydrogens (tertiary/aromatic N) is 4. The molecule has 0 saturated heterocycles. The Bertz CT molecular complexity index is 2160. The number of aromatic nitrogens is 2. The van der Waals surface area contributed by atoms with E-state index >= 15 is 8.63 Å². The van der Waals surface area contributed by atoms with Crippen molar-refractivity contribution in [3.8, 4) is 10.6 Å². The lowest BCUT2D eigenvalue weighted by molar-refractivity contribution is -0.870. The fraction of sp³-hybridized carbons (Fsp3) is 0.447. The topological polar surface area (TPSA) is 162 Å². The lowest BCUT2D eigenvalue weighted by Crippen LogP contribution is -2.51. The molecule has 0 aromatic carbocycles. The summed E-state index contributed by atoms with van der Waals surface area (Å²) < 4.78 is 69.9. The van der Waals surface area contributed by atoms with Crippen molar-refractivity contribution in [2.45, 2.75) is 62.9 Å². The van der Waals surface area contributed by atoms with Gasteiger partial charge in [0.15, 0.2) is 5.70 Å². The van der Waals surface area contributed by atoms with Gasteiger partial charge in [0, 0.05) is 84.7 Å². The molecule has 0 radical (unpaired) electrons. The molecule has 3 aromatic heterocycles. The highest BCUT2D eigenvalue weighted by Gasteiger charge is 2.54. The van der Waals surface area contributed by atoms with Gasteiger partial charge in [0.05, 0.1) is 27.7 Å². The predicted octanol–water partition coefficient (Wildman–Crippen LogP) is 5.24. The highest BCUT2D eigenvalue weighted by molar-refractivity contribution is 8.76. The average Bonchev–Trinajstić information content (AvgIpc) is 3.88. The minimum Gasteiger partial charge on any atom is -0.389 e. The van der Waals surface area contributed by atoms with E-state index in [9.17, 15) is 27.4 Å². The number of aryl methyl sites for hydroxylation is 1. The molecular weight excluding hydrogens is 828 g/mol. The Morgan fingerprint density at radius 2 is 1.81 bits per heavy atom. The molecule has 0 saturated carbocycles. The third-order valence-corrected chi connectivity index (χ3v) is 13.4. The van der Waals surface area contributed by atoms with Crippen molar-refractivity contribution in [3.63, 3.8) is 0 Å². The van der Waals surface area contributed by atoms with Crippen LogP contribution in [0.4, 0.5) is 8.63 Å². The van der Waals surface area contributed by atoms with Crippen LogP contribution in [0.5, 0.6) is 0 Å². The van der Waals surface area contributed by atoms with Crippen molar-refractivity contribution in [1.82, 2.24) is 25.4 Å². The molecule has 3 aromatic rings. The van der Waals surface area contributed by atoms with Crippen LogP contribution < -0.4 is 16.0 Å². The van der Waals surface area contributed by atoms with Crippen LogP contribution in [0.15, 0.2) is 70.3 Å². The van der Waals surface area contributed by atoms with E-state index in [1.165, 1.54) is 22.1 Å². The lowest BCUT2D eigenvalue weighted by Gasteiger charge is -2.31. The van der Waals surface area contributed by atoms with Gasteiger partial charge in [-0.25, -0.2) is 4.98 Å². The molecule has 13 nitrogen and oxygen atoms in total. The minimum absolute atomic E-state index is 0.0934. The summed E-state index contributed by atoms with van der Waals surface area (Å²) in [5, 5.41) is 10.5. The van der Waals surface area contributed by atoms with E-state index in [4.69, 9.17) is 0 Å². The third kappa shape index (κ3) is 12.6. The van der Waals surface area contributed by atoms with Crippen LogP contribution in [0.1, 0.15) is 56.7 Å². The Kier molecular flexibility index (Phi) is 15.6. The van der Waals surface area contributed by atoms with Crippen molar-refractivity contribution >= 4 is 79.5 Å². The monoisotopic (exact) mass is 878 g/mol. The van der Waals surface area contributed by atoms with E-state index in [0.29, 0.717) is 59.1 Å². The van der Waals surface area contributed by atoms with E-state index < -0.39 is 40.7 Å². The minimum atomic E-state index is -4.69. The maximum atomic E-state index is 16.9. The van der Waals surface area contributed by atoms with Crippen LogP contribution >= 0.6 is 32.9 Å². The van der Waals surface area contributed by atoms with Gasteiger partial charge in [-0.3, -0.25) is 18.9 Å². The first-order valence-electron chi connectivity index (χ1n) is 19.1. The number of nitrogens with one attached hydrogen (secondary N) is 3. The second kappa shape index (κ2) is 20.0. The van der Waals surface area contributed by atoms with E-state index in [2.05, 4.69) is 42.1 Å². The highest BCUT2D eigenvalue weighted by Crippen LogP contribution is 2.41. The number of fused-ring (bicyclic) bond motifs is 2. The van der Waals surface area contributed by atoms with Crippen LogP contribution in [-0.2, 0) is 30.9 Å². The average molecular weight is 879 g/mol. The standard InChI is InChI=1S/C38H50BF2N7O6S4/c1-27-23-29(46-31(27)25-32-28(11-9-20-48(2,3)4)24-33(34-12-10-21-55-34)47(32)39(46,40)41)15-16-36(50)45-30(26-58(52,53)54)38(51)44-18-7-5-13-35(49)42-19-22-56-57-37-14-6-8-17-43-37/h6,8,10,12,14,17,21,23-25,30H,5,7,9,11,13,15-16,18-20,22,26H2,1-4H3,(H3-,42,44,45,49,50,51,52,53,54)/p+1. The van der Waals surface area contributed by atoms with Gasteiger partial charge in [-0.2, -0.15) is 8.42 Å². The number of quaternary nitrogens is 1. The number of halogens is 2. The summed E-state index contributed by atoms with van der Waals surface area (Å²) in [4.78, 5) is 43.3. The molecule has 20 heteroatoms. The summed E-state index contributed by atoms with van der Waals surface area (Å²) in [7, 11) is 4.69. The molecule has 314 valence electrons. The Balaban J connectivity index is 1.16. The normalized spacial score (nSPS) is 15.3. The summed E-state index contributed by atoms with van der Waals surface area (Å²) in [5.41, 5.74) is 2.93. The van der Waals surface area contributed by atoms with Crippen LogP contribution in [-0.4, -0.2) is 120 Å². The Morgan fingerprint density at radius 1 is 1.02 bits per heavy atom. The van der Waals surface area contributed by atoms with Crippen LogP contribution in [0, 0.1) is 0 Å². The number of hydrogen-bond acceptors (Lipinski definition) is 9. The number of carbonyl (C=O) groups is 3. The van der Waals surface area contributed by atoms with Gasteiger partial charge < -0.3 is 38.0 Å². The summed E-state index contributed by atoms with van der Waals surface area (Å²) in [6.45, 7) is -1.19. The van der Waals surface area contributed by atoms with Crippen LogP contribution in [0.3, 0.4) is 0 Å². The number of carbonyl (C=O) groups excluding carboxylic acids is 3. The molecule has 1 atom stereocenters. The summed E-state index contributed by atoms with van der Waals surface area (Å²) in [6, 6.07) is 9.53. The SMILES string of the molecule is CC1=CC(CCC(=O)NC(CS(=O)(=O)O)C(=O)NCCCCC(=O)NCCSSc2ccccn2)=[N+]2C1=Cc1c(CCC[N+](C)(C)C)cc(-c3cccs3)n1[B-]2(F)F. The zero-order chi connectivity index (χ0) is 42.1. The Morgan fingerprint density at radius 3 is 2.50 bits per heavy atom. The number of rotatable bonds is 22. The van der Waals surface area contributed by atoms with Crippen molar-refractivity contribution in [2.75, 3.05) is 52.3 Å². The van der Waals surface area contributed by atoms with Gasteiger partial charge in [0.25, 0.3) is 10.1 Å². The Hall–Kier alpha value is -3.82. The fourth-order valence-corrected chi connectivity index (χ4v) is 10.0. The number of pyridine rings is 1. The van der Waals surface area contributed by atoms with Crippen LogP contribution in [0.25, 0.3) is 16.6 Å². The van der Waals surface area contributed by atoms with Gasteiger partial charge in [-0.1, -0.05) is 22.9 Å². The van der Waals surface area contributed by atoms with Crippen LogP contribution in [0.2, 0.25) is 0 Å². The molecule has 0 aliphatic carbocycles. The number of hydrogen-bond donors (Lipinski definition) is 4. The summed E-state index contributed by atoms with van der Waals surface area (Å²) >= 11 is 1.38. The van der Waals surface area contributed by atoms with Gasteiger partial charge in [0.1, 0.15) is 22.5 Å². The molecule has 0 bridgehead atoms. The quantitative estimate of drug-likeness (QED) is 0.0348. The molecule has 5 heterocycles. The van der Waals surface area contributed by atoms with Crippen molar-refractivity contribution in [1.29, 1.82) is 0 Å². The Labute approximate surface area is 350 Å². The van der Waals surface area contributed by atoms with Gasteiger partial charge in [-0.05, 0) is 72.2 Å². The zero-order valence-corrected chi connectivity index (χ0v) is 36.3. The first kappa shape index (κ1) is 45.3. The van der Waals surface area contributed by atoms with E-state index in [1.54, 1.807) is 36.1 Å². The fourth-order valence-electron chi connectivity index (χ4n) is 6.84. The van der Waals surface area contributed by atoms with Crippen molar-refractivity contribution < 1.29 is 45.0 Å². The van der Waals surface area contributed by atoms with Crippen molar-refractivity contribution in [3.05, 3.63) is 76.6 Å². The molecule has 1 unspecified atom stereocenters. The molecule has 0 spiro atoms. The van der Waals surface area contributed by atoms with E-state index in [1.807, 2.05) is 41.8 Å². The molecule has 2 aliphatic rings. The molecule has 4 N–H and O–H groups in total. The van der Waals surface area contributed by atoms with Gasteiger partial charge >= 0.3 is 6.97 Å². The number of amides is 3. The van der Waals surface area contributed by atoms with Crippen molar-refractivity contribution in [2.24, 2.45) is 0 Å². The number of thiophene rings is 1. The largest absolute Gasteiger partial charge is 0.737 e. The zero-order valence-electron chi connectivity index (χ0n) is 33.1. The van der Waals surface area contributed by atoms with Gasteiger partial charge in [0.2, 0.25) is 17.7 Å². The van der Waals surface area contributed by atoms with E-state index in [-0.39, 0.29) is 37.4 Å². The molecule has 3 amide bonds. The summed E-state index contributed by atoms with van der Waals surface area (Å²) in [6.07, 6.45) is 7.21. The second-order valence-corrected chi connectivity index (χ2v) is 20.1. The first-order valence-corrected chi connectivity index (χ1v) is 23.9.